The molecule has 16 heteroatoms. The van der Waals surface area contributed by atoms with E-state index in [2.05, 4.69) is 19.7 Å². The minimum absolute atomic E-state index is 0.497. The number of carboxylic acids is 2. The molecule has 0 bridgehead atoms. The van der Waals surface area contributed by atoms with Crippen LogP contribution < -0.4 is 10.6 Å². The Labute approximate surface area is 128 Å². The van der Waals surface area contributed by atoms with E-state index in [0.717, 1.165) is 0 Å². The number of rotatable bonds is 12. The molecular weight excluding hydrogens is 366 g/mol. The number of nitrogens with one attached hydrogen (secondary N) is 2. The van der Waals surface area contributed by atoms with Gasteiger partial charge in [0.2, 0.25) is 0 Å². The van der Waals surface area contributed by atoms with Crippen LogP contribution in [0.15, 0.2) is 0 Å². The van der Waals surface area contributed by atoms with E-state index in [1.807, 2.05) is 0 Å². The third kappa shape index (κ3) is 12.2. The van der Waals surface area contributed by atoms with Crippen LogP contribution in [0, 0.1) is 0 Å². The smallest absolute Gasteiger partial charge is 0.469 e. The highest BCUT2D eigenvalue weighted by Crippen LogP contribution is 2.36. The fraction of sp³-hybridized carbons (Fsp3) is 0.714. The number of hydrogen-bond acceptors (Lipinski definition) is 8. The summed E-state index contributed by atoms with van der Waals surface area (Å²) in [6.45, 7) is -2.31. The molecule has 0 amide bonds. The summed E-state index contributed by atoms with van der Waals surface area (Å²) in [7, 11) is -9.76. The van der Waals surface area contributed by atoms with Gasteiger partial charge in [0.05, 0.1) is 13.2 Å². The Morgan fingerprint density at radius 3 is 1.35 bits per heavy atom. The molecule has 14 nitrogen and oxygen atoms in total. The highest BCUT2D eigenvalue weighted by atomic mass is 31.2. The van der Waals surface area contributed by atoms with E-state index in [9.17, 15) is 18.7 Å². The molecule has 0 saturated carbocycles. The van der Waals surface area contributed by atoms with Crippen LogP contribution in [0.4, 0.5) is 0 Å². The molecular formula is C7H16N2O12P2. The van der Waals surface area contributed by atoms with Gasteiger partial charge in [0.1, 0.15) is 12.1 Å². The summed E-state index contributed by atoms with van der Waals surface area (Å²) in [5.74, 6) is -3.06. The predicted octanol–water partition coefficient (Wildman–Crippen LogP) is -2.75. The van der Waals surface area contributed by atoms with Crippen molar-refractivity contribution in [2.45, 2.75) is 12.1 Å². The third-order valence-electron chi connectivity index (χ3n) is 2.11. The molecule has 0 aromatic rings. The Hall–Kier alpha value is -0.920. The quantitative estimate of drug-likeness (QED) is 0.126. The molecule has 0 aliphatic carbocycles. The summed E-state index contributed by atoms with van der Waals surface area (Å²) >= 11 is 0. The lowest BCUT2D eigenvalue weighted by molar-refractivity contribution is -0.140. The summed E-state index contributed by atoms with van der Waals surface area (Å²) in [6.07, 6.45) is 0. The van der Waals surface area contributed by atoms with E-state index in [0.29, 0.717) is 0 Å². The second-order valence-corrected chi connectivity index (χ2v) is 6.42. The molecule has 0 aromatic heterocycles. The molecule has 0 fully saturated rings. The van der Waals surface area contributed by atoms with Crippen LogP contribution in [0.1, 0.15) is 0 Å². The zero-order chi connectivity index (χ0) is 18.3. The third-order valence-corrected chi connectivity index (χ3v) is 3.08. The first-order chi connectivity index (χ1) is 10.3. The Morgan fingerprint density at radius 2 is 1.13 bits per heavy atom. The van der Waals surface area contributed by atoms with Crippen LogP contribution in [-0.2, 0) is 27.8 Å². The maximum absolute atomic E-state index is 10.8. The highest BCUT2D eigenvalue weighted by molar-refractivity contribution is 7.46. The van der Waals surface area contributed by atoms with Gasteiger partial charge in [-0.25, -0.2) is 9.13 Å². The molecule has 0 radical (unpaired) electrons. The van der Waals surface area contributed by atoms with Crippen LogP contribution in [0.25, 0.3) is 0 Å². The minimum atomic E-state index is -4.88. The molecule has 8 N–H and O–H groups in total. The largest absolute Gasteiger partial charge is 0.480 e. The first-order valence-electron chi connectivity index (χ1n) is 5.64. The molecule has 2 unspecified atom stereocenters. The normalized spacial score (nSPS) is 15.1. The van der Waals surface area contributed by atoms with Gasteiger partial charge in [-0.2, -0.15) is 0 Å². The molecule has 2 atom stereocenters. The van der Waals surface area contributed by atoms with E-state index in [4.69, 9.17) is 29.8 Å². The van der Waals surface area contributed by atoms with Crippen molar-refractivity contribution in [2.75, 3.05) is 19.9 Å². The summed E-state index contributed by atoms with van der Waals surface area (Å²) in [4.78, 5) is 55.5. The summed E-state index contributed by atoms with van der Waals surface area (Å²) < 4.78 is 29.0. The monoisotopic (exact) mass is 382 g/mol. The first kappa shape index (κ1) is 22.1. The molecule has 0 rings (SSSR count). The molecule has 0 heterocycles. The zero-order valence-electron chi connectivity index (χ0n) is 11.3. The number of phosphoric acid groups is 2. The Kier molecular flexibility index (Phi) is 9.02. The van der Waals surface area contributed by atoms with Crippen molar-refractivity contribution in [3.63, 3.8) is 0 Å². The predicted molar refractivity (Wildman–Crippen MR) is 70.0 cm³/mol. The van der Waals surface area contributed by atoms with E-state index in [-0.39, 0.29) is 0 Å². The van der Waals surface area contributed by atoms with Gasteiger partial charge >= 0.3 is 27.6 Å². The molecule has 23 heavy (non-hydrogen) atoms. The summed E-state index contributed by atoms with van der Waals surface area (Å²) in [6, 6.07) is -3.15. The highest BCUT2D eigenvalue weighted by Gasteiger charge is 2.25. The van der Waals surface area contributed by atoms with Gasteiger partial charge in [-0.1, -0.05) is 0 Å². The number of carboxylic acid groups (broad SMARTS) is 2. The molecule has 0 aromatic carbocycles. The van der Waals surface area contributed by atoms with Gasteiger partial charge < -0.3 is 29.8 Å². The zero-order valence-corrected chi connectivity index (χ0v) is 13.1. The average Bonchev–Trinajstić information content (AvgIpc) is 2.33. The van der Waals surface area contributed by atoms with Gasteiger partial charge in [0.15, 0.2) is 0 Å². The van der Waals surface area contributed by atoms with Crippen LogP contribution in [0.2, 0.25) is 0 Å². The Bertz CT molecular complexity index is 456. The lowest BCUT2D eigenvalue weighted by Gasteiger charge is -2.18. The summed E-state index contributed by atoms with van der Waals surface area (Å²) in [5, 5.41) is 21.9. The lowest BCUT2D eigenvalue weighted by Crippen LogP contribution is -2.50. The minimum Gasteiger partial charge on any atom is -0.480 e. The number of aliphatic carboxylic acids is 2. The molecule has 0 spiro atoms. The Balaban J connectivity index is 4.42. The standard InChI is InChI=1S/C7H16N2O12P2/c10-6(11)4(1-20-22(14,15)16)8-3-9-5(7(12)13)2-21-23(17,18)19/h4-5,8-9H,1-3H2,(H,10,11)(H,12,13)(H2,14,15,16)(H2,17,18,19). The van der Waals surface area contributed by atoms with Gasteiger partial charge in [0, 0.05) is 6.67 Å². The number of hydrogen-bond donors (Lipinski definition) is 8. The maximum atomic E-state index is 10.8. The van der Waals surface area contributed by atoms with E-state index < -0.39 is 59.6 Å². The lowest BCUT2D eigenvalue weighted by atomic mass is 10.3. The van der Waals surface area contributed by atoms with Crippen molar-refractivity contribution in [3.8, 4) is 0 Å². The number of phosphoric ester groups is 2. The number of carbonyl (C=O) groups is 2. The van der Waals surface area contributed by atoms with E-state index in [1.165, 1.54) is 0 Å². The van der Waals surface area contributed by atoms with E-state index >= 15 is 0 Å². The van der Waals surface area contributed by atoms with Crippen LogP contribution in [-0.4, -0.2) is 73.7 Å². The Morgan fingerprint density at radius 1 is 0.826 bits per heavy atom. The fourth-order valence-electron chi connectivity index (χ4n) is 1.08. The average molecular weight is 382 g/mol. The second kappa shape index (κ2) is 9.39. The first-order valence-corrected chi connectivity index (χ1v) is 8.70. The summed E-state index contributed by atoms with van der Waals surface area (Å²) in [5.41, 5.74) is 0. The molecule has 136 valence electrons. The van der Waals surface area contributed by atoms with Crippen LogP contribution in [0.5, 0.6) is 0 Å². The van der Waals surface area contributed by atoms with Gasteiger partial charge in [-0.05, 0) is 0 Å². The van der Waals surface area contributed by atoms with Gasteiger partial charge in [-0.15, -0.1) is 0 Å². The van der Waals surface area contributed by atoms with Crippen LogP contribution >= 0.6 is 15.6 Å². The van der Waals surface area contributed by atoms with Crippen LogP contribution in [0.3, 0.4) is 0 Å². The van der Waals surface area contributed by atoms with Crippen molar-refractivity contribution in [2.24, 2.45) is 0 Å². The van der Waals surface area contributed by atoms with Gasteiger partial charge in [-0.3, -0.25) is 29.3 Å². The second-order valence-electron chi connectivity index (χ2n) is 3.94. The topological polar surface area (TPSA) is 232 Å². The fourth-order valence-corrected chi connectivity index (χ4v) is 1.77. The molecule has 0 saturated heterocycles. The van der Waals surface area contributed by atoms with Crippen molar-refractivity contribution >= 4 is 27.6 Å². The maximum Gasteiger partial charge on any atom is 0.469 e. The molecule has 0 aliphatic rings. The van der Waals surface area contributed by atoms with Crippen molar-refractivity contribution in [1.29, 1.82) is 0 Å². The van der Waals surface area contributed by atoms with Gasteiger partial charge in [0.25, 0.3) is 0 Å². The molecule has 0 aliphatic heterocycles. The van der Waals surface area contributed by atoms with Crippen molar-refractivity contribution in [1.82, 2.24) is 10.6 Å². The SMILES string of the molecule is O=C(O)C(COP(=O)(O)O)NCNC(COP(=O)(O)O)C(=O)O. The van der Waals surface area contributed by atoms with Crippen molar-refractivity contribution in [3.05, 3.63) is 0 Å². The van der Waals surface area contributed by atoms with E-state index in [1.54, 1.807) is 0 Å². The van der Waals surface area contributed by atoms with Crippen molar-refractivity contribution < 1.29 is 57.6 Å².